The minimum atomic E-state index is -3.86. The fourth-order valence-electron chi connectivity index (χ4n) is 1.92. The molecule has 0 spiro atoms. The van der Waals surface area contributed by atoms with E-state index in [1.807, 2.05) is 12.3 Å². The molecule has 0 aliphatic heterocycles. The standard InChI is InChI=1S/C15H17N3O3S/c1-12-7-9-13(10-8-12)18(11-15(19)17-16)22(20,21)14-5-3-2-4-6-14/h2-10H,11,16H2,1H3,(H,17,19). The number of hydrogen-bond donors (Lipinski definition) is 2. The second-order valence-electron chi connectivity index (χ2n) is 4.73. The minimum absolute atomic E-state index is 0.111. The molecule has 0 saturated heterocycles. The van der Waals surface area contributed by atoms with Crippen LogP contribution in [0, 0.1) is 6.92 Å². The van der Waals surface area contributed by atoms with Crippen LogP contribution in [0.1, 0.15) is 5.56 Å². The summed E-state index contributed by atoms with van der Waals surface area (Å²) in [6, 6.07) is 14.8. The van der Waals surface area contributed by atoms with Crippen molar-refractivity contribution >= 4 is 21.6 Å². The monoisotopic (exact) mass is 319 g/mol. The van der Waals surface area contributed by atoms with Crippen molar-refractivity contribution in [1.29, 1.82) is 0 Å². The van der Waals surface area contributed by atoms with E-state index < -0.39 is 22.5 Å². The van der Waals surface area contributed by atoms with Crippen molar-refractivity contribution < 1.29 is 13.2 Å². The summed E-state index contributed by atoms with van der Waals surface area (Å²) in [7, 11) is -3.86. The number of carbonyl (C=O) groups excluding carboxylic acids is 1. The molecule has 0 bridgehead atoms. The second-order valence-corrected chi connectivity index (χ2v) is 6.59. The molecule has 0 heterocycles. The van der Waals surface area contributed by atoms with Gasteiger partial charge in [-0.2, -0.15) is 0 Å². The Bertz CT molecular complexity index is 743. The molecular formula is C15H17N3O3S. The van der Waals surface area contributed by atoms with Crippen molar-refractivity contribution in [3.8, 4) is 0 Å². The Morgan fingerprint density at radius 3 is 2.23 bits per heavy atom. The number of nitrogens with one attached hydrogen (secondary N) is 1. The number of benzene rings is 2. The molecular weight excluding hydrogens is 302 g/mol. The summed E-state index contributed by atoms with van der Waals surface area (Å²) in [6.45, 7) is 1.50. The predicted molar refractivity (Wildman–Crippen MR) is 84.5 cm³/mol. The summed E-state index contributed by atoms with van der Waals surface area (Å²) in [5.41, 5.74) is 3.35. The molecule has 0 unspecified atom stereocenters. The van der Waals surface area contributed by atoms with Crippen LogP contribution in [0.4, 0.5) is 5.69 Å². The van der Waals surface area contributed by atoms with Crippen molar-refractivity contribution in [1.82, 2.24) is 5.43 Å². The van der Waals surface area contributed by atoms with Gasteiger partial charge >= 0.3 is 0 Å². The van der Waals surface area contributed by atoms with Gasteiger partial charge in [0.25, 0.3) is 15.9 Å². The lowest BCUT2D eigenvalue weighted by Crippen LogP contribution is -2.43. The summed E-state index contributed by atoms with van der Waals surface area (Å²) in [5, 5.41) is 0. The fourth-order valence-corrected chi connectivity index (χ4v) is 3.36. The van der Waals surface area contributed by atoms with Crippen molar-refractivity contribution in [3.63, 3.8) is 0 Å². The van der Waals surface area contributed by atoms with Crippen LogP contribution < -0.4 is 15.6 Å². The highest BCUT2D eigenvalue weighted by Crippen LogP contribution is 2.23. The van der Waals surface area contributed by atoms with Gasteiger partial charge in [0.2, 0.25) is 0 Å². The maximum atomic E-state index is 12.8. The van der Waals surface area contributed by atoms with Gasteiger partial charge in [-0.05, 0) is 31.2 Å². The number of sulfonamides is 1. The number of hydrazine groups is 1. The molecule has 0 aliphatic carbocycles. The Kier molecular flexibility index (Phi) is 4.79. The third-order valence-electron chi connectivity index (χ3n) is 3.10. The molecule has 2 aromatic carbocycles. The Hall–Kier alpha value is -2.38. The molecule has 1 amide bonds. The Morgan fingerprint density at radius 2 is 1.68 bits per heavy atom. The van der Waals surface area contributed by atoms with Crippen LogP contribution in [0.2, 0.25) is 0 Å². The van der Waals surface area contributed by atoms with Crippen molar-refractivity contribution in [2.45, 2.75) is 11.8 Å². The number of amides is 1. The first-order valence-electron chi connectivity index (χ1n) is 6.59. The third-order valence-corrected chi connectivity index (χ3v) is 4.89. The highest BCUT2D eigenvalue weighted by atomic mass is 32.2. The minimum Gasteiger partial charge on any atom is -0.293 e. The van der Waals surface area contributed by atoms with E-state index in [1.54, 1.807) is 42.5 Å². The SMILES string of the molecule is Cc1ccc(N(CC(=O)NN)S(=O)(=O)c2ccccc2)cc1. The third kappa shape index (κ3) is 3.44. The van der Waals surface area contributed by atoms with Crippen LogP contribution in [0.3, 0.4) is 0 Å². The first-order valence-corrected chi connectivity index (χ1v) is 8.03. The molecule has 116 valence electrons. The predicted octanol–water partition coefficient (Wildman–Crippen LogP) is 1.18. The average molecular weight is 319 g/mol. The molecule has 7 heteroatoms. The van der Waals surface area contributed by atoms with Gasteiger partial charge in [-0.25, -0.2) is 14.3 Å². The summed E-state index contributed by atoms with van der Waals surface area (Å²) >= 11 is 0. The number of anilines is 1. The van der Waals surface area contributed by atoms with E-state index in [0.717, 1.165) is 9.87 Å². The normalized spacial score (nSPS) is 11.0. The number of carbonyl (C=O) groups is 1. The van der Waals surface area contributed by atoms with E-state index in [-0.39, 0.29) is 4.90 Å². The Labute approximate surface area is 129 Å². The number of nitrogens with zero attached hydrogens (tertiary/aromatic N) is 1. The largest absolute Gasteiger partial charge is 0.293 e. The Morgan fingerprint density at radius 1 is 1.09 bits per heavy atom. The molecule has 0 radical (unpaired) electrons. The zero-order chi connectivity index (χ0) is 16.2. The van der Waals surface area contributed by atoms with Gasteiger partial charge in [0.1, 0.15) is 6.54 Å². The van der Waals surface area contributed by atoms with E-state index >= 15 is 0 Å². The molecule has 0 fully saturated rings. The molecule has 6 nitrogen and oxygen atoms in total. The van der Waals surface area contributed by atoms with Gasteiger partial charge in [-0.3, -0.25) is 14.5 Å². The van der Waals surface area contributed by atoms with E-state index in [9.17, 15) is 13.2 Å². The van der Waals surface area contributed by atoms with Gasteiger partial charge < -0.3 is 0 Å². The quantitative estimate of drug-likeness (QED) is 0.492. The summed E-state index contributed by atoms with van der Waals surface area (Å²) < 4.78 is 26.6. The fraction of sp³-hybridized carbons (Fsp3) is 0.133. The topological polar surface area (TPSA) is 92.5 Å². The van der Waals surface area contributed by atoms with Gasteiger partial charge in [-0.15, -0.1) is 0 Å². The zero-order valence-electron chi connectivity index (χ0n) is 12.1. The number of nitrogens with two attached hydrogens (primary N) is 1. The lowest BCUT2D eigenvalue weighted by Gasteiger charge is -2.23. The lowest BCUT2D eigenvalue weighted by atomic mass is 10.2. The highest BCUT2D eigenvalue weighted by molar-refractivity contribution is 7.92. The highest BCUT2D eigenvalue weighted by Gasteiger charge is 2.26. The van der Waals surface area contributed by atoms with Gasteiger partial charge in [0.15, 0.2) is 0 Å². The first kappa shape index (κ1) is 16.0. The van der Waals surface area contributed by atoms with Gasteiger partial charge in [0, 0.05) is 0 Å². The van der Waals surface area contributed by atoms with Crippen LogP contribution in [-0.2, 0) is 14.8 Å². The average Bonchev–Trinajstić information content (AvgIpc) is 2.54. The maximum absolute atomic E-state index is 12.8. The van der Waals surface area contributed by atoms with Crippen molar-refractivity contribution in [3.05, 3.63) is 60.2 Å². The van der Waals surface area contributed by atoms with Crippen LogP contribution in [0.15, 0.2) is 59.5 Å². The smallest absolute Gasteiger partial charge is 0.264 e. The van der Waals surface area contributed by atoms with Crippen molar-refractivity contribution in [2.75, 3.05) is 10.8 Å². The van der Waals surface area contributed by atoms with Crippen molar-refractivity contribution in [2.24, 2.45) is 5.84 Å². The summed E-state index contributed by atoms with van der Waals surface area (Å²) in [6.07, 6.45) is 0. The van der Waals surface area contributed by atoms with Crippen LogP contribution in [-0.4, -0.2) is 20.9 Å². The Balaban J connectivity index is 2.48. The second kappa shape index (κ2) is 6.59. The molecule has 3 N–H and O–H groups in total. The van der Waals surface area contributed by atoms with E-state index in [2.05, 4.69) is 0 Å². The molecule has 2 aromatic rings. The summed E-state index contributed by atoms with van der Waals surface area (Å²) in [4.78, 5) is 11.7. The lowest BCUT2D eigenvalue weighted by molar-refractivity contribution is -0.119. The first-order chi connectivity index (χ1) is 10.4. The molecule has 0 saturated carbocycles. The molecule has 22 heavy (non-hydrogen) atoms. The van der Waals surface area contributed by atoms with Crippen LogP contribution >= 0.6 is 0 Å². The molecule has 2 rings (SSSR count). The molecule has 0 aliphatic rings. The maximum Gasteiger partial charge on any atom is 0.264 e. The molecule has 0 atom stereocenters. The van der Waals surface area contributed by atoms with E-state index in [1.165, 1.54) is 12.1 Å². The van der Waals surface area contributed by atoms with E-state index in [4.69, 9.17) is 5.84 Å². The number of rotatable bonds is 5. The summed E-state index contributed by atoms with van der Waals surface area (Å²) in [5.74, 6) is 4.49. The zero-order valence-corrected chi connectivity index (χ0v) is 12.9. The van der Waals surface area contributed by atoms with Gasteiger partial charge in [-0.1, -0.05) is 35.9 Å². The van der Waals surface area contributed by atoms with Gasteiger partial charge in [0.05, 0.1) is 10.6 Å². The van der Waals surface area contributed by atoms with Crippen LogP contribution in [0.5, 0.6) is 0 Å². The number of aryl methyl sites for hydroxylation is 1. The van der Waals surface area contributed by atoms with E-state index in [0.29, 0.717) is 5.69 Å². The van der Waals surface area contributed by atoms with Crippen LogP contribution in [0.25, 0.3) is 0 Å². The number of hydrogen-bond acceptors (Lipinski definition) is 4. The molecule has 0 aromatic heterocycles.